The van der Waals surface area contributed by atoms with E-state index in [9.17, 15) is 5.11 Å². The van der Waals surface area contributed by atoms with E-state index in [1.165, 1.54) is 5.57 Å². The zero-order chi connectivity index (χ0) is 19.1. The summed E-state index contributed by atoms with van der Waals surface area (Å²) in [6.07, 6.45) is 7.79. The van der Waals surface area contributed by atoms with Crippen LogP contribution in [0.2, 0.25) is 0 Å². The Morgan fingerprint density at radius 2 is 1.93 bits per heavy atom. The minimum Gasteiger partial charge on any atom is -0.479 e. The van der Waals surface area contributed by atoms with E-state index in [2.05, 4.69) is 66.9 Å². The van der Waals surface area contributed by atoms with E-state index in [0.717, 1.165) is 41.7 Å². The number of fused-ring (bicyclic) bond motifs is 1. The van der Waals surface area contributed by atoms with Gasteiger partial charge < -0.3 is 9.67 Å². The van der Waals surface area contributed by atoms with Crippen molar-refractivity contribution in [1.82, 2.24) is 19.3 Å². The molecule has 5 heteroatoms. The molecule has 0 fully saturated rings. The van der Waals surface area contributed by atoms with Gasteiger partial charge in [-0.3, -0.25) is 0 Å². The summed E-state index contributed by atoms with van der Waals surface area (Å²) in [4.78, 5) is 0. The van der Waals surface area contributed by atoms with Crippen LogP contribution in [0.3, 0.4) is 0 Å². The third-order valence-electron chi connectivity index (χ3n) is 5.68. The normalized spacial score (nSPS) is 17.9. The molecule has 5 nitrogen and oxygen atoms in total. The Kier molecular flexibility index (Phi) is 4.54. The van der Waals surface area contributed by atoms with Crippen LogP contribution in [-0.4, -0.2) is 24.4 Å². The lowest BCUT2D eigenvalue weighted by Crippen LogP contribution is -2.12. The lowest BCUT2D eigenvalue weighted by molar-refractivity contribution is 0.417. The van der Waals surface area contributed by atoms with Gasteiger partial charge in [-0.2, -0.15) is 0 Å². The topological polar surface area (TPSA) is 55.9 Å². The van der Waals surface area contributed by atoms with Crippen LogP contribution < -0.4 is 0 Å². The molecule has 27 heavy (non-hydrogen) atoms. The Labute approximate surface area is 160 Å². The maximum absolute atomic E-state index is 10.5. The highest BCUT2D eigenvalue weighted by Gasteiger charge is 2.25. The van der Waals surface area contributed by atoms with Crippen LogP contribution in [0.25, 0.3) is 16.6 Å². The second-order valence-electron chi connectivity index (χ2n) is 8.12. The maximum atomic E-state index is 10.5. The Balaban J connectivity index is 1.86. The van der Waals surface area contributed by atoms with Gasteiger partial charge in [-0.15, -0.1) is 5.10 Å². The van der Waals surface area contributed by atoms with Gasteiger partial charge in [-0.25, -0.2) is 4.57 Å². The van der Waals surface area contributed by atoms with E-state index >= 15 is 0 Å². The molecule has 0 radical (unpaired) electrons. The van der Waals surface area contributed by atoms with Gasteiger partial charge in [0.1, 0.15) is 5.82 Å². The fraction of sp³-hybridized carbons (Fsp3) is 0.455. The molecule has 0 saturated carbocycles. The predicted molar refractivity (Wildman–Crippen MR) is 108 cm³/mol. The van der Waals surface area contributed by atoms with Crippen molar-refractivity contribution in [3.63, 3.8) is 0 Å². The van der Waals surface area contributed by atoms with Crippen molar-refractivity contribution in [2.45, 2.75) is 58.9 Å². The minimum absolute atomic E-state index is 0.0418. The van der Waals surface area contributed by atoms with Crippen molar-refractivity contribution in [2.24, 2.45) is 5.92 Å². The van der Waals surface area contributed by atoms with E-state index in [1.807, 2.05) is 16.7 Å². The molecule has 1 aliphatic carbocycles. The van der Waals surface area contributed by atoms with Crippen molar-refractivity contribution in [3.05, 3.63) is 47.9 Å². The largest absolute Gasteiger partial charge is 0.479 e. The quantitative estimate of drug-likeness (QED) is 0.634. The summed E-state index contributed by atoms with van der Waals surface area (Å²) in [6, 6.07) is 8.65. The maximum Gasteiger partial charge on any atom is 0.319 e. The first-order chi connectivity index (χ1) is 13.0. The molecule has 3 aromatic rings. The molecule has 0 bridgehead atoms. The molecule has 2 heterocycles. The Morgan fingerprint density at radius 1 is 1.11 bits per heavy atom. The zero-order valence-corrected chi connectivity index (χ0v) is 16.6. The van der Waals surface area contributed by atoms with Gasteiger partial charge in [0.2, 0.25) is 0 Å². The number of hydrogen-bond acceptors (Lipinski definition) is 3. The van der Waals surface area contributed by atoms with Gasteiger partial charge in [0.15, 0.2) is 0 Å². The molecular formula is C22H28N4O. The molecule has 1 aromatic carbocycles. The van der Waals surface area contributed by atoms with Crippen molar-refractivity contribution in [1.29, 1.82) is 0 Å². The fourth-order valence-electron chi connectivity index (χ4n) is 4.21. The third kappa shape index (κ3) is 3.05. The second-order valence-corrected chi connectivity index (χ2v) is 8.12. The molecule has 0 saturated heterocycles. The number of aromatic nitrogens is 4. The highest BCUT2D eigenvalue weighted by atomic mass is 16.3. The molecule has 142 valence electrons. The van der Waals surface area contributed by atoms with Crippen LogP contribution in [0.15, 0.2) is 42.1 Å². The van der Waals surface area contributed by atoms with Crippen molar-refractivity contribution in [2.75, 3.05) is 0 Å². The highest BCUT2D eigenvalue weighted by molar-refractivity contribution is 5.89. The molecule has 0 aliphatic heterocycles. The van der Waals surface area contributed by atoms with Crippen LogP contribution in [-0.2, 0) is 0 Å². The minimum atomic E-state index is -0.0418. The smallest absolute Gasteiger partial charge is 0.319 e. The van der Waals surface area contributed by atoms with Crippen LogP contribution in [0.4, 0.5) is 0 Å². The van der Waals surface area contributed by atoms with E-state index in [-0.39, 0.29) is 11.9 Å². The first-order valence-corrected chi connectivity index (χ1v) is 9.92. The molecule has 1 unspecified atom stereocenters. The van der Waals surface area contributed by atoms with Gasteiger partial charge >= 0.3 is 6.01 Å². The number of hydrogen-bond donors (Lipinski definition) is 1. The summed E-state index contributed by atoms with van der Waals surface area (Å²) in [5, 5.41) is 20.0. The van der Waals surface area contributed by atoms with Crippen molar-refractivity contribution < 1.29 is 5.11 Å². The second kappa shape index (κ2) is 6.87. The molecule has 0 spiro atoms. The van der Waals surface area contributed by atoms with Gasteiger partial charge in [0.05, 0.1) is 11.2 Å². The lowest BCUT2D eigenvalue weighted by atomic mass is 9.85. The molecule has 4 rings (SSSR count). The summed E-state index contributed by atoms with van der Waals surface area (Å²) < 4.78 is 4.08. The van der Waals surface area contributed by atoms with E-state index in [4.69, 9.17) is 0 Å². The first kappa shape index (κ1) is 17.8. The molecular weight excluding hydrogens is 336 g/mol. The number of rotatable bonds is 4. The summed E-state index contributed by atoms with van der Waals surface area (Å²) in [7, 11) is 0. The van der Waals surface area contributed by atoms with Crippen molar-refractivity contribution >= 4 is 10.9 Å². The lowest BCUT2D eigenvalue weighted by Gasteiger charge is -2.23. The molecule has 2 aromatic heterocycles. The molecule has 1 aliphatic rings. The van der Waals surface area contributed by atoms with E-state index in [1.54, 1.807) is 0 Å². The first-order valence-electron chi connectivity index (χ1n) is 9.92. The summed E-state index contributed by atoms with van der Waals surface area (Å²) in [5.41, 5.74) is 3.57. The van der Waals surface area contributed by atoms with Crippen LogP contribution in [0.5, 0.6) is 6.01 Å². The number of aromatic hydroxyl groups is 1. The average Bonchev–Trinajstić information content (AvgIpc) is 3.25. The average molecular weight is 364 g/mol. The number of nitrogens with zero attached hydrogens (tertiary/aromatic N) is 4. The number of benzene rings is 1. The monoisotopic (exact) mass is 364 g/mol. The van der Waals surface area contributed by atoms with E-state index in [0.29, 0.717) is 12.0 Å². The Bertz CT molecular complexity index is 993. The molecule has 1 N–H and O–H groups in total. The number of allylic oxidation sites excluding steroid dienone is 2. The van der Waals surface area contributed by atoms with E-state index < -0.39 is 0 Å². The SMILES string of the molecule is CC(C)C1=CC(c2nnc(O)n2-c2cccc3c2ccn3C(C)C)CCC1. The third-order valence-corrected chi connectivity index (χ3v) is 5.68. The predicted octanol–water partition coefficient (Wildman–Crippen LogP) is 5.36. The van der Waals surface area contributed by atoms with Gasteiger partial charge in [0.25, 0.3) is 0 Å². The van der Waals surface area contributed by atoms with Crippen molar-refractivity contribution in [3.8, 4) is 11.7 Å². The van der Waals surface area contributed by atoms with Crippen LogP contribution in [0.1, 0.15) is 64.7 Å². The van der Waals surface area contributed by atoms with Crippen LogP contribution >= 0.6 is 0 Å². The summed E-state index contributed by atoms with van der Waals surface area (Å²) >= 11 is 0. The summed E-state index contributed by atoms with van der Waals surface area (Å²) in [6.45, 7) is 8.83. The highest BCUT2D eigenvalue weighted by Crippen LogP contribution is 2.36. The Hall–Kier alpha value is -2.56. The standard InChI is InChI=1S/C22H28N4O/c1-14(2)16-7-5-8-17(13-16)21-23-24-22(27)26(21)20-10-6-9-19-18(20)11-12-25(19)15(3)4/h6,9-15,17H,5,7-8H2,1-4H3,(H,24,27). The summed E-state index contributed by atoms with van der Waals surface area (Å²) in [5.74, 6) is 1.56. The van der Waals surface area contributed by atoms with Gasteiger partial charge in [-0.05, 0) is 57.2 Å². The Morgan fingerprint density at radius 3 is 2.67 bits per heavy atom. The van der Waals surface area contributed by atoms with Gasteiger partial charge in [-0.1, -0.05) is 36.7 Å². The molecule has 0 amide bonds. The van der Waals surface area contributed by atoms with Gasteiger partial charge in [0, 0.05) is 23.5 Å². The van der Waals surface area contributed by atoms with Crippen LogP contribution in [0, 0.1) is 5.92 Å². The zero-order valence-electron chi connectivity index (χ0n) is 16.6. The molecule has 1 atom stereocenters. The fourth-order valence-corrected chi connectivity index (χ4v) is 4.21.